The molecule has 0 radical (unpaired) electrons. The van der Waals surface area contributed by atoms with Crippen LogP contribution < -0.4 is 0 Å². The second-order valence-electron chi connectivity index (χ2n) is 4.55. The summed E-state index contributed by atoms with van der Waals surface area (Å²) in [5.74, 6) is 0.342. The van der Waals surface area contributed by atoms with Gasteiger partial charge in [0.1, 0.15) is 12.1 Å². The lowest BCUT2D eigenvalue weighted by molar-refractivity contribution is 0.500. The highest BCUT2D eigenvalue weighted by atomic mass is 28.4. The van der Waals surface area contributed by atoms with E-state index < -0.39 is 8.32 Å². The van der Waals surface area contributed by atoms with E-state index in [1.54, 1.807) is 0 Å². The minimum Gasteiger partial charge on any atom is -0.542 e. The zero-order valence-corrected chi connectivity index (χ0v) is 10.7. The SMILES string of the molecule is Cc1ccc(/C(=C/F)O[Si](C)(C)C)cc1. The molecule has 0 amide bonds. The maximum atomic E-state index is 12.7. The molecule has 0 unspecified atom stereocenters. The molecular formula is C12H17FOSi. The van der Waals surface area contributed by atoms with Crippen molar-refractivity contribution in [1.29, 1.82) is 0 Å². The first-order valence-corrected chi connectivity index (χ1v) is 8.39. The highest BCUT2D eigenvalue weighted by molar-refractivity contribution is 6.70. The Morgan fingerprint density at radius 2 is 1.73 bits per heavy atom. The van der Waals surface area contributed by atoms with Gasteiger partial charge in [0.2, 0.25) is 8.32 Å². The predicted octanol–water partition coefficient (Wildman–Crippen LogP) is 4.11. The van der Waals surface area contributed by atoms with Gasteiger partial charge in [-0.15, -0.1) is 0 Å². The first kappa shape index (κ1) is 12.0. The Morgan fingerprint density at radius 3 is 2.13 bits per heavy atom. The van der Waals surface area contributed by atoms with Crippen LogP contribution in [0.3, 0.4) is 0 Å². The van der Waals surface area contributed by atoms with Crippen LogP contribution in [0.25, 0.3) is 5.76 Å². The molecule has 0 spiro atoms. The largest absolute Gasteiger partial charge is 0.542 e. The molecule has 82 valence electrons. The second kappa shape index (κ2) is 4.62. The maximum absolute atomic E-state index is 12.7. The molecule has 0 aliphatic heterocycles. The lowest BCUT2D eigenvalue weighted by Crippen LogP contribution is -2.24. The van der Waals surface area contributed by atoms with E-state index in [1.165, 1.54) is 0 Å². The first-order valence-electron chi connectivity index (χ1n) is 4.99. The Hall–Kier alpha value is -1.09. The summed E-state index contributed by atoms with van der Waals surface area (Å²) in [5.41, 5.74) is 1.95. The van der Waals surface area contributed by atoms with E-state index in [0.717, 1.165) is 11.1 Å². The summed E-state index contributed by atoms with van der Waals surface area (Å²) < 4.78 is 18.3. The van der Waals surface area contributed by atoms with Crippen LogP contribution in [0.2, 0.25) is 19.6 Å². The molecule has 0 fully saturated rings. The third-order valence-electron chi connectivity index (χ3n) is 1.85. The molecule has 0 saturated heterocycles. The van der Waals surface area contributed by atoms with Crippen molar-refractivity contribution in [2.24, 2.45) is 0 Å². The Bertz CT molecular complexity index is 349. The summed E-state index contributed by atoms with van der Waals surface area (Å²) in [7, 11) is -1.75. The minimum atomic E-state index is -1.75. The number of rotatable bonds is 3. The van der Waals surface area contributed by atoms with E-state index >= 15 is 0 Å². The third kappa shape index (κ3) is 3.87. The summed E-state index contributed by atoms with van der Waals surface area (Å²) >= 11 is 0. The van der Waals surface area contributed by atoms with Crippen LogP contribution in [0.15, 0.2) is 30.6 Å². The molecule has 0 aliphatic rings. The summed E-state index contributed by atoms with van der Waals surface area (Å²) in [5, 5.41) is 0. The van der Waals surface area contributed by atoms with Crippen molar-refractivity contribution < 1.29 is 8.82 Å². The van der Waals surface area contributed by atoms with Crippen molar-refractivity contribution in [3.05, 3.63) is 41.7 Å². The van der Waals surface area contributed by atoms with Gasteiger partial charge in [-0.3, -0.25) is 0 Å². The van der Waals surface area contributed by atoms with Gasteiger partial charge >= 0.3 is 0 Å². The molecule has 1 aromatic carbocycles. The van der Waals surface area contributed by atoms with E-state index in [4.69, 9.17) is 4.43 Å². The van der Waals surface area contributed by atoms with Crippen molar-refractivity contribution in [3.8, 4) is 0 Å². The standard InChI is InChI=1S/C12H17FOSi/c1-10-5-7-11(8-6-10)12(9-13)14-15(2,3)4/h5-9H,1-4H3/b12-9-. The van der Waals surface area contributed by atoms with Crippen LogP contribution in [-0.2, 0) is 4.43 Å². The molecule has 0 bridgehead atoms. The van der Waals surface area contributed by atoms with E-state index in [2.05, 4.69) is 0 Å². The number of benzene rings is 1. The molecule has 0 heterocycles. The van der Waals surface area contributed by atoms with E-state index in [0.29, 0.717) is 12.1 Å². The van der Waals surface area contributed by atoms with Crippen LogP contribution >= 0.6 is 0 Å². The van der Waals surface area contributed by atoms with Gasteiger partial charge in [0.05, 0.1) is 0 Å². The molecule has 3 heteroatoms. The van der Waals surface area contributed by atoms with Gasteiger partial charge in [-0.1, -0.05) is 29.8 Å². The fourth-order valence-electron chi connectivity index (χ4n) is 1.19. The van der Waals surface area contributed by atoms with Crippen LogP contribution in [0.5, 0.6) is 0 Å². The van der Waals surface area contributed by atoms with E-state index in [1.807, 2.05) is 50.8 Å². The van der Waals surface area contributed by atoms with Gasteiger partial charge in [0, 0.05) is 5.56 Å². The minimum absolute atomic E-state index is 0.342. The summed E-state index contributed by atoms with van der Waals surface area (Å²) in [4.78, 5) is 0. The predicted molar refractivity (Wildman–Crippen MR) is 64.7 cm³/mol. The fraction of sp³-hybridized carbons (Fsp3) is 0.333. The lowest BCUT2D eigenvalue weighted by atomic mass is 10.1. The molecule has 15 heavy (non-hydrogen) atoms. The lowest BCUT2D eigenvalue weighted by Gasteiger charge is -2.21. The quantitative estimate of drug-likeness (QED) is 0.554. The third-order valence-corrected chi connectivity index (χ3v) is 2.68. The Morgan fingerprint density at radius 1 is 1.20 bits per heavy atom. The molecule has 0 atom stereocenters. The van der Waals surface area contributed by atoms with Crippen molar-refractivity contribution in [3.63, 3.8) is 0 Å². The van der Waals surface area contributed by atoms with Crippen molar-refractivity contribution in [2.45, 2.75) is 26.6 Å². The van der Waals surface area contributed by atoms with Gasteiger partial charge in [-0.25, -0.2) is 4.39 Å². The second-order valence-corrected chi connectivity index (χ2v) is 8.98. The highest BCUT2D eigenvalue weighted by Crippen LogP contribution is 2.21. The Kier molecular flexibility index (Phi) is 3.69. The van der Waals surface area contributed by atoms with Crippen LogP contribution in [0.4, 0.5) is 4.39 Å². The van der Waals surface area contributed by atoms with Gasteiger partial charge in [-0.05, 0) is 26.6 Å². The first-order chi connectivity index (χ1) is 6.92. The topological polar surface area (TPSA) is 9.23 Å². The van der Waals surface area contributed by atoms with Gasteiger partial charge in [0.25, 0.3) is 0 Å². The van der Waals surface area contributed by atoms with Gasteiger partial charge in [0.15, 0.2) is 0 Å². The number of hydrogen-bond donors (Lipinski definition) is 0. The van der Waals surface area contributed by atoms with E-state index in [9.17, 15) is 4.39 Å². The molecule has 0 saturated carbocycles. The molecule has 1 rings (SSSR count). The number of hydrogen-bond acceptors (Lipinski definition) is 1. The van der Waals surface area contributed by atoms with Crippen LogP contribution in [0.1, 0.15) is 11.1 Å². The number of halogens is 1. The zero-order valence-electron chi connectivity index (χ0n) is 9.67. The van der Waals surface area contributed by atoms with Crippen molar-refractivity contribution >= 4 is 14.1 Å². The monoisotopic (exact) mass is 224 g/mol. The van der Waals surface area contributed by atoms with Crippen molar-refractivity contribution in [2.75, 3.05) is 0 Å². The summed E-state index contributed by atoms with van der Waals surface area (Å²) in [6.07, 6.45) is 0.545. The molecule has 0 aliphatic carbocycles. The van der Waals surface area contributed by atoms with Crippen molar-refractivity contribution in [1.82, 2.24) is 0 Å². The normalized spacial score (nSPS) is 12.7. The average Bonchev–Trinajstić information content (AvgIpc) is 2.14. The summed E-state index contributed by atoms with van der Waals surface area (Å²) in [6, 6.07) is 7.65. The molecule has 1 aromatic rings. The molecule has 1 nitrogen and oxygen atoms in total. The van der Waals surface area contributed by atoms with Gasteiger partial charge < -0.3 is 4.43 Å². The van der Waals surface area contributed by atoms with Crippen LogP contribution in [-0.4, -0.2) is 8.32 Å². The molecular weight excluding hydrogens is 207 g/mol. The smallest absolute Gasteiger partial charge is 0.242 e. The average molecular weight is 224 g/mol. The van der Waals surface area contributed by atoms with E-state index in [-0.39, 0.29) is 0 Å². The maximum Gasteiger partial charge on any atom is 0.242 e. The molecule has 0 N–H and O–H groups in total. The van der Waals surface area contributed by atoms with Crippen LogP contribution in [0, 0.1) is 6.92 Å². The fourth-order valence-corrected chi connectivity index (χ4v) is 2.01. The van der Waals surface area contributed by atoms with Gasteiger partial charge in [-0.2, -0.15) is 0 Å². The number of aryl methyl sites for hydroxylation is 1. The summed E-state index contributed by atoms with van der Waals surface area (Å²) in [6.45, 7) is 8.10. The molecule has 0 aromatic heterocycles. The Balaban J connectivity index is 2.90. The Labute approximate surface area is 91.7 Å². The zero-order chi connectivity index (χ0) is 11.5. The highest BCUT2D eigenvalue weighted by Gasteiger charge is 2.18.